The molecule has 1 heterocycles. The number of nitrogens with two attached hydrogens (primary N) is 1. The Morgan fingerprint density at radius 3 is 2.76 bits per heavy atom. The average Bonchev–Trinajstić information content (AvgIpc) is 2.45. The number of halogens is 1. The van der Waals surface area contributed by atoms with Crippen molar-refractivity contribution in [2.45, 2.75) is 25.5 Å². The van der Waals surface area contributed by atoms with E-state index in [4.69, 9.17) is 5.73 Å². The summed E-state index contributed by atoms with van der Waals surface area (Å²) in [5, 5.41) is -0.0569. The molecule has 1 aromatic rings. The van der Waals surface area contributed by atoms with Gasteiger partial charge in [-0.05, 0) is 35.3 Å². The van der Waals surface area contributed by atoms with Crippen molar-refractivity contribution in [2.24, 2.45) is 11.1 Å². The van der Waals surface area contributed by atoms with Crippen LogP contribution in [-0.2, 0) is 11.2 Å². The van der Waals surface area contributed by atoms with Crippen LogP contribution in [0.2, 0.25) is 0 Å². The van der Waals surface area contributed by atoms with Crippen LogP contribution in [0.5, 0.6) is 0 Å². The first-order valence-electron chi connectivity index (χ1n) is 7.09. The van der Waals surface area contributed by atoms with Crippen LogP contribution < -0.4 is 5.73 Å². The minimum atomic E-state index is -0.0569. The van der Waals surface area contributed by atoms with Gasteiger partial charge < -0.3 is 10.6 Å². The SMILES string of the molecule is CN(CC(C)(C)CN)C(=O)C1SCCc2ccccc21.Cl. The van der Waals surface area contributed by atoms with Crippen molar-refractivity contribution in [1.29, 1.82) is 0 Å². The molecule has 1 atom stereocenters. The molecule has 5 heteroatoms. The summed E-state index contributed by atoms with van der Waals surface area (Å²) in [5.74, 6) is 1.21. The molecule has 1 unspecified atom stereocenters. The highest BCUT2D eigenvalue weighted by Crippen LogP contribution is 2.38. The van der Waals surface area contributed by atoms with Crippen molar-refractivity contribution in [3.8, 4) is 0 Å². The van der Waals surface area contributed by atoms with Crippen LogP contribution in [0.3, 0.4) is 0 Å². The molecule has 0 aromatic heterocycles. The van der Waals surface area contributed by atoms with E-state index in [0.29, 0.717) is 13.1 Å². The van der Waals surface area contributed by atoms with E-state index in [0.717, 1.165) is 12.2 Å². The van der Waals surface area contributed by atoms with Crippen molar-refractivity contribution in [2.75, 3.05) is 25.9 Å². The minimum Gasteiger partial charge on any atom is -0.344 e. The number of likely N-dealkylation sites (N-methyl/N-ethyl adjacent to an activating group) is 1. The summed E-state index contributed by atoms with van der Waals surface area (Å²) < 4.78 is 0. The number of benzene rings is 1. The fourth-order valence-electron chi connectivity index (χ4n) is 2.58. The molecular weight excluding hydrogens is 304 g/mol. The number of fused-ring (bicyclic) bond motifs is 1. The molecule has 1 amide bonds. The number of amides is 1. The van der Waals surface area contributed by atoms with Gasteiger partial charge in [0, 0.05) is 13.6 Å². The summed E-state index contributed by atoms with van der Waals surface area (Å²) in [5.41, 5.74) is 8.23. The lowest BCUT2D eigenvalue weighted by Gasteiger charge is -2.33. The van der Waals surface area contributed by atoms with E-state index in [2.05, 4.69) is 32.0 Å². The van der Waals surface area contributed by atoms with Gasteiger partial charge in [-0.15, -0.1) is 24.2 Å². The van der Waals surface area contributed by atoms with E-state index >= 15 is 0 Å². The monoisotopic (exact) mass is 328 g/mol. The molecule has 3 nitrogen and oxygen atoms in total. The van der Waals surface area contributed by atoms with Gasteiger partial charge in [0.25, 0.3) is 0 Å². The lowest BCUT2D eigenvalue weighted by atomic mass is 9.93. The molecule has 0 radical (unpaired) electrons. The molecule has 1 aromatic carbocycles. The van der Waals surface area contributed by atoms with Crippen LogP contribution in [0.1, 0.15) is 30.2 Å². The first kappa shape index (κ1) is 18.3. The molecule has 0 saturated heterocycles. The number of carbonyl (C=O) groups is 1. The van der Waals surface area contributed by atoms with Gasteiger partial charge in [0.1, 0.15) is 5.25 Å². The molecule has 0 aliphatic carbocycles. The number of rotatable bonds is 4. The molecular formula is C16H25ClN2OS. The standard InChI is InChI=1S/C16H24N2OS.ClH/c1-16(2,10-17)11-18(3)15(19)14-13-7-5-4-6-12(13)8-9-20-14;/h4-7,14H,8-11,17H2,1-3H3;1H. The predicted octanol–water partition coefficient (Wildman–Crippen LogP) is 2.88. The number of hydrogen-bond acceptors (Lipinski definition) is 3. The molecule has 21 heavy (non-hydrogen) atoms. The zero-order chi connectivity index (χ0) is 14.8. The molecule has 0 spiro atoms. The van der Waals surface area contributed by atoms with E-state index in [1.54, 1.807) is 11.8 Å². The Balaban J connectivity index is 0.00000220. The summed E-state index contributed by atoms with van der Waals surface area (Å²) >= 11 is 1.75. The highest BCUT2D eigenvalue weighted by Gasteiger charge is 2.31. The fourth-order valence-corrected chi connectivity index (χ4v) is 3.89. The molecule has 1 aliphatic rings. The summed E-state index contributed by atoms with van der Waals surface area (Å²) in [6, 6.07) is 8.30. The topological polar surface area (TPSA) is 46.3 Å². The van der Waals surface area contributed by atoms with E-state index in [1.165, 1.54) is 11.1 Å². The van der Waals surface area contributed by atoms with Crippen LogP contribution in [0.4, 0.5) is 0 Å². The van der Waals surface area contributed by atoms with Crippen LogP contribution in [0.25, 0.3) is 0 Å². The van der Waals surface area contributed by atoms with Gasteiger partial charge in [-0.25, -0.2) is 0 Å². The fraction of sp³-hybridized carbons (Fsp3) is 0.562. The smallest absolute Gasteiger partial charge is 0.239 e. The predicted molar refractivity (Wildman–Crippen MR) is 93.1 cm³/mol. The van der Waals surface area contributed by atoms with E-state index < -0.39 is 0 Å². The van der Waals surface area contributed by atoms with E-state index in [-0.39, 0.29) is 29.0 Å². The Kier molecular flexibility index (Phi) is 6.57. The van der Waals surface area contributed by atoms with Crippen LogP contribution in [0.15, 0.2) is 24.3 Å². The van der Waals surface area contributed by atoms with Crippen molar-refractivity contribution >= 4 is 30.1 Å². The third-order valence-corrected chi connectivity index (χ3v) is 5.04. The zero-order valence-electron chi connectivity index (χ0n) is 13.0. The third-order valence-electron chi connectivity index (χ3n) is 3.81. The number of thioether (sulfide) groups is 1. The normalized spacial score (nSPS) is 17.6. The summed E-state index contributed by atoms with van der Waals surface area (Å²) in [6.45, 7) is 5.47. The van der Waals surface area contributed by atoms with Crippen molar-refractivity contribution in [3.63, 3.8) is 0 Å². The number of aryl methyl sites for hydroxylation is 1. The molecule has 2 rings (SSSR count). The van der Waals surface area contributed by atoms with Crippen LogP contribution >= 0.6 is 24.2 Å². The summed E-state index contributed by atoms with van der Waals surface area (Å²) in [4.78, 5) is 14.6. The Morgan fingerprint density at radius 2 is 2.10 bits per heavy atom. The van der Waals surface area contributed by atoms with Crippen molar-refractivity contribution in [3.05, 3.63) is 35.4 Å². The van der Waals surface area contributed by atoms with E-state index in [1.807, 2.05) is 18.0 Å². The third kappa shape index (κ3) is 4.38. The largest absolute Gasteiger partial charge is 0.344 e. The first-order valence-corrected chi connectivity index (χ1v) is 8.14. The average molecular weight is 329 g/mol. The second-order valence-electron chi connectivity index (χ2n) is 6.26. The minimum absolute atomic E-state index is 0. The van der Waals surface area contributed by atoms with Gasteiger partial charge in [0.15, 0.2) is 0 Å². The summed E-state index contributed by atoms with van der Waals surface area (Å²) in [7, 11) is 1.89. The Bertz CT molecular complexity index is 493. The number of hydrogen-bond donors (Lipinski definition) is 1. The molecule has 1 aliphatic heterocycles. The highest BCUT2D eigenvalue weighted by atomic mass is 35.5. The van der Waals surface area contributed by atoms with E-state index in [9.17, 15) is 4.79 Å². The van der Waals surface area contributed by atoms with Gasteiger partial charge in [-0.2, -0.15) is 0 Å². The van der Waals surface area contributed by atoms with Crippen molar-refractivity contribution in [1.82, 2.24) is 4.90 Å². The molecule has 118 valence electrons. The Morgan fingerprint density at radius 1 is 1.43 bits per heavy atom. The number of nitrogens with zero attached hydrogens (tertiary/aromatic N) is 1. The maximum atomic E-state index is 12.7. The maximum Gasteiger partial charge on any atom is 0.239 e. The van der Waals surface area contributed by atoms with Gasteiger partial charge in [-0.1, -0.05) is 38.1 Å². The maximum absolute atomic E-state index is 12.7. The second-order valence-corrected chi connectivity index (χ2v) is 7.48. The molecule has 2 N–H and O–H groups in total. The molecule has 0 fully saturated rings. The van der Waals surface area contributed by atoms with Crippen molar-refractivity contribution < 1.29 is 4.79 Å². The molecule has 0 bridgehead atoms. The Hall–Kier alpha value is -0.710. The summed E-state index contributed by atoms with van der Waals surface area (Å²) in [6.07, 6.45) is 1.06. The Labute approximate surface area is 138 Å². The quantitative estimate of drug-likeness (QED) is 0.924. The first-order chi connectivity index (χ1) is 9.44. The highest BCUT2D eigenvalue weighted by molar-refractivity contribution is 8.00. The zero-order valence-corrected chi connectivity index (χ0v) is 14.6. The lowest BCUT2D eigenvalue weighted by molar-refractivity contribution is -0.130. The van der Waals surface area contributed by atoms with Crippen LogP contribution in [-0.4, -0.2) is 36.7 Å². The van der Waals surface area contributed by atoms with Gasteiger partial charge in [0.2, 0.25) is 5.91 Å². The second kappa shape index (κ2) is 7.52. The molecule has 0 saturated carbocycles. The van der Waals surface area contributed by atoms with Gasteiger partial charge in [0.05, 0.1) is 0 Å². The van der Waals surface area contributed by atoms with Gasteiger partial charge >= 0.3 is 0 Å². The number of carbonyl (C=O) groups excluding carboxylic acids is 1. The lowest BCUT2D eigenvalue weighted by Crippen LogP contribution is -2.41. The van der Waals surface area contributed by atoms with Crippen LogP contribution in [0, 0.1) is 5.41 Å². The van der Waals surface area contributed by atoms with Gasteiger partial charge in [-0.3, -0.25) is 4.79 Å².